The van der Waals surface area contributed by atoms with E-state index in [9.17, 15) is 4.79 Å². The van der Waals surface area contributed by atoms with Crippen LogP contribution in [0.15, 0.2) is 47.3 Å². The predicted molar refractivity (Wildman–Crippen MR) is 60.3 cm³/mol. The van der Waals surface area contributed by atoms with Gasteiger partial charge >= 0.3 is 5.97 Å². The number of hydrogen-bond acceptors (Lipinski definition) is 4. The summed E-state index contributed by atoms with van der Waals surface area (Å²) in [7, 11) is 0. The van der Waals surface area contributed by atoms with E-state index in [0.717, 1.165) is 11.1 Å². The summed E-state index contributed by atoms with van der Waals surface area (Å²) in [5.74, 6) is -0.127. The Kier molecular flexibility index (Phi) is 3.45. The number of hydrogen-bond donors (Lipinski definition) is 1. The van der Waals surface area contributed by atoms with Gasteiger partial charge < -0.3 is 14.3 Å². The van der Waals surface area contributed by atoms with Gasteiger partial charge in [0.25, 0.3) is 0 Å². The molecule has 0 saturated carbocycles. The second kappa shape index (κ2) is 5.21. The topological polar surface area (TPSA) is 59.7 Å². The Hall–Kier alpha value is -2.23. The van der Waals surface area contributed by atoms with Crippen molar-refractivity contribution < 1.29 is 19.1 Å². The maximum atomic E-state index is 11.5. The van der Waals surface area contributed by atoms with Gasteiger partial charge in [0.05, 0.1) is 18.9 Å². The van der Waals surface area contributed by atoms with E-state index in [1.165, 1.54) is 12.5 Å². The number of carbonyl (C=O) groups excluding carboxylic acids is 1. The smallest absolute Gasteiger partial charge is 0.310 e. The molecule has 1 aromatic carbocycles. The van der Waals surface area contributed by atoms with Gasteiger partial charge in [0.2, 0.25) is 0 Å². The number of aromatic hydroxyl groups is 1. The Morgan fingerprint density at radius 2 is 1.94 bits per heavy atom. The van der Waals surface area contributed by atoms with Gasteiger partial charge in [-0.3, -0.25) is 4.79 Å². The molecule has 2 rings (SSSR count). The lowest BCUT2D eigenvalue weighted by atomic mass is 10.1. The van der Waals surface area contributed by atoms with Gasteiger partial charge in [-0.05, 0) is 23.8 Å². The van der Waals surface area contributed by atoms with Gasteiger partial charge in [-0.25, -0.2) is 0 Å². The number of phenols is 1. The van der Waals surface area contributed by atoms with Crippen LogP contribution in [0, 0.1) is 0 Å². The zero-order chi connectivity index (χ0) is 12.1. The van der Waals surface area contributed by atoms with Gasteiger partial charge in [-0.15, -0.1) is 0 Å². The molecule has 0 spiro atoms. The molecule has 0 radical (unpaired) electrons. The summed E-state index contributed by atoms with van der Waals surface area (Å²) in [6, 6.07) is 8.20. The third kappa shape index (κ3) is 3.38. The number of carbonyl (C=O) groups is 1. The molecule has 4 nitrogen and oxygen atoms in total. The first-order valence-electron chi connectivity index (χ1n) is 5.18. The monoisotopic (exact) mass is 232 g/mol. The SMILES string of the molecule is O=C(Cc1ccc(O)cc1)OCc1ccoc1. The van der Waals surface area contributed by atoms with Crippen LogP contribution < -0.4 is 0 Å². The summed E-state index contributed by atoms with van der Waals surface area (Å²) < 4.78 is 9.92. The van der Waals surface area contributed by atoms with Gasteiger partial charge in [0.1, 0.15) is 12.4 Å². The molecule has 0 aliphatic heterocycles. The lowest BCUT2D eigenvalue weighted by Crippen LogP contribution is -2.07. The summed E-state index contributed by atoms with van der Waals surface area (Å²) in [4.78, 5) is 11.5. The number of esters is 1. The quantitative estimate of drug-likeness (QED) is 0.821. The van der Waals surface area contributed by atoms with Crippen molar-refractivity contribution in [1.29, 1.82) is 0 Å². The molecule has 1 aromatic heterocycles. The minimum Gasteiger partial charge on any atom is -0.508 e. The maximum Gasteiger partial charge on any atom is 0.310 e. The Balaban J connectivity index is 1.83. The molecule has 88 valence electrons. The standard InChI is InChI=1S/C13H12O4/c14-12-3-1-10(2-4-12)7-13(15)17-9-11-5-6-16-8-11/h1-6,8,14H,7,9H2. The minimum atomic E-state index is -0.308. The second-order valence-corrected chi connectivity index (χ2v) is 3.64. The molecule has 0 bridgehead atoms. The van der Waals surface area contributed by atoms with Crippen molar-refractivity contribution in [3.05, 3.63) is 54.0 Å². The molecule has 2 aromatic rings. The third-order valence-electron chi connectivity index (χ3n) is 2.26. The Morgan fingerprint density at radius 3 is 2.59 bits per heavy atom. The molecule has 0 aliphatic rings. The second-order valence-electron chi connectivity index (χ2n) is 3.64. The Morgan fingerprint density at radius 1 is 1.18 bits per heavy atom. The van der Waals surface area contributed by atoms with Crippen molar-refractivity contribution in [2.24, 2.45) is 0 Å². The van der Waals surface area contributed by atoms with Crippen molar-refractivity contribution in [3.8, 4) is 5.75 Å². The first kappa shape index (κ1) is 11.3. The molecule has 0 fully saturated rings. The molecule has 0 atom stereocenters. The van der Waals surface area contributed by atoms with Crippen molar-refractivity contribution in [2.75, 3.05) is 0 Å². The van der Waals surface area contributed by atoms with Gasteiger partial charge in [0, 0.05) is 5.56 Å². The summed E-state index contributed by atoms with van der Waals surface area (Å²) in [5, 5.41) is 9.09. The molecule has 0 amide bonds. The number of ether oxygens (including phenoxy) is 1. The summed E-state index contributed by atoms with van der Waals surface area (Å²) in [6.07, 6.45) is 3.26. The van der Waals surface area contributed by atoms with E-state index >= 15 is 0 Å². The van der Waals surface area contributed by atoms with Crippen LogP contribution in [0.3, 0.4) is 0 Å². The van der Waals surface area contributed by atoms with Crippen LogP contribution in [0.25, 0.3) is 0 Å². The molecule has 1 N–H and O–H groups in total. The van der Waals surface area contributed by atoms with E-state index in [1.807, 2.05) is 0 Å². The molecule has 17 heavy (non-hydrogen) atoms. The fourth-order valence-electron chi connectivity index (χ4n) is 1.37. The highest BCUT2D eigenvalue weighted by Crippen LogP contribution is 2.11. The fraction of sp³-hybridized carbons (Fsp3) is 0.154. The highest BCUT2D eigenvalue weighted by atomic mass is 16.5. The zero-order valence-electron chi connectivity index (χ0n) is 9.13. The lowest BCUT2D eigenvalue weighted by molar-refractivity contribution is -0.144. The highest BCUT2D eigenvalue weighted by molar-refractivity contribution is 5.72. The minimum absolute atomic E-state index is 0.181. The summed E-state index contributed by atoms with van der Waals surface area (Å²) >= 11 is 0. The van der Waals surface area contributed by atoms with Crippen LogP contribution >= 0.6 is 0 Å². The molecular weight excluding hydrogens is 220 g/mol. The van der Waals surface area contributed by atoms with E-state index in [0.29, 0.717) is 0 Å². The van der Waals surface area contributed by atoms with Crippen LogP contribution in [-0.4, -0.2) is 11.1 Å². The number of furan rings is 1. The van der Waals surface area contributed by atoms with Crippen molar-refractivity contribution in [1.82, 2.24) is 0 Å². The number of benzene rings is 1. The van der Waals surface area contributed by atoms with Gasteiger partial charge in [-0.2, -0.15) is 0 Å². The normalized spacial score (nSPS) is 10.1. The zero-order valence-corrected chi connectivity index (χ0v) is 9.13. The molecule has 0 unspecified atom stereocenters. The number of phenolic OH excluding ortho intramolecular Hbond substituents is 1. The Labute approximate surface area is 98.4 Å². The van der Waals surface area contributed by atoms with Crippen molar-refractivity contribution in [3.63, 3.8) is 0 Å². The predicted octanol–water partition coefficient (Wildman–Crippen LogP) is 2.27. The third-order valence-corrected chi connectivity index (χ3v) is 2.26. The Bertz CT molecular complexity index is 471. The summed E-state index contributed by atoms with van der Waals surface area (Å²) in [6.45, 7) is 0.216. The average Bonchev–Trinajstić information content (AvgIpc) is 2.83. The molecular formula is C13H12O4. The lowest BCUT2D eigenvalue weighted by Gasteiger charge is -2.03. The van der Waals surface area contributed by atoms with Crippen LogP contribution in [0.4, 0.5) is 0 Å². The van der Waals surface area contributed by atoms with Crippen LogP contribution in [0.5, 0.6) is 5.75 Å². The van der Waals surface area contributed by atoms with Crippen LogP contribution in [-0.2, 0) is 22.6 Å². The molecule has 0 saturated heterocycles. The van der Waals surface area contributed by atoms with E-state index in [-0.39, 0.29) is 24.7 Å². The van der Waals surface area contributed by atoms with Crippen molar-refractivity contribution in [2.45, 2.75) is 13.0 Å². The average molecular weight is 232 g/mol. The summed E-state index contributed by atoms with van der Waals surface area (Å²) in [5.41, 5.74) is 1.63. The number of rotatable bonds is 4. The van der Waals surface area contributed by atoms with E-state index < -0.39 is 0 Å². The van der Waals surface area contributed by atoms with Gasteiger partial charge in [0.15, 0.2) is 0 Å². The van der Waals surface area contributed by atoms with E-state index in [1.54, 1.807) is 30.3 Å². The van der Waals surface area contributed by atoms with E-state index in [4.69, 9.17) is 14.3 Å². The largest absolute Gasteiger partial charge is 0.508 e. The molecule has 1 heterocycles. The fourth-order valence-corrected chi connectivity index (χ4v) is 1.37. The first-order chi connectivity index (χ1) is 8.24. The first-order valence-corrected chi connectivity index (χ1v) is 5.18. The highest BCUT2D eigenvalue weighted by Gasteiger charge is 2.05. The van der Waals surface area contributed by atoms with E-state index in [2.05, 4.69) is 0 Å². The molecule has 4 heteroatoms. The van der Waals surface area contributed by atoms with Gasteiger partial charge in [-0.1, -0.05) is 12.1 Å². The van der Waals surface area contributed by atoms with Crippen molar-refractivity contribution >= 4 is 5.97 Å². The van der Waals surface area contributed by atoms with Crippen LogP contribution in [0.1, 0.15) is 11.1 Å². The maximum absolute atomic E-state index is 11.5. The van der Waals surface area contributed by atoms with Crippen LogP contribution in [0.2, 0.25) is 0 Å². The molecule has 0 aliphatic carbocycles.